The Morgan fingerprint density at radius 3 is 2.35 bits per heavy atom. The fourth-order valence-electron chi connectivity index (χ4n) is 2.18. The molecule has 0 aliphatic carbocycles. The van der Waals surface area contributed by atoms with Crippen LogP contribution in [0.3, 0.4) is 0 Å². The summed E-state index contributed by atoms with van der Waals surface area (Å²) in [5.74, 6) is 0.160. The van der Waals surface area contributed by atoms with Crippen LogP contribution in [0.15, 0.2) is 0 Å². The third-order valence-electron chi connectivity index (χ3n) is 3.35. The summed E-state index contributed by atoms with van der Waals surface area (Å²) in [6.45, 7) is 9.63. The predicted molar refractivity (Wildman–Crippen MR) is 78.4 cm³/mol. The summed E-state index contributed by atoms with van der Waals surface area (Å²) in [6.07, 6.45) is 3.26. The normalized spacial score (nSPS) is 16.9. The Morgan fingerprint density at radius 2 is 1.85 bits per heavy atom. The Balaban J connectivity index is 2.32. The number of piperidine rings is 1. The van der Waals surface area contributed by atoms with E-state index in [-0.39, 0.29) is 17.9 Å². The zero-order valence-corrected chi connectivity index (χ0v) is 13.2. The van der Waals surface area contributed by atoms with Gasteiger partial charge in [0.15, 0.2) is 0 Å². The van der Waals surface area contributed by atoms with Crippen molar-refractivity contribution in [2.75, 3.05) is 19.6 Å². The number of nitrogens with one attached hydrogen (secondary N) is 1. The number of hydrogen-bond acceptors (Lipinski definition) is 3. The van der Waals surface area contributed by atoms with Crippen molar-refractivity contribution in [3.8, 4) is 0 Å². The largest absolute Gasteiger partial charge is 0.444 e. The van der Waals surface area contributed by atoms with Crippen LogP contribution in [0.5, 0.6) is 0 Å². The van der Waals surface area contributed by atoms with Crippen LogP contribution >= 0.6 is 0 Å². The number of carbonyl (C=O) groups is 2. The molecule has 1 aliphatic heterocycles. The number of amides is 2. The van der Waals surface area contributed by atoms with E-state index in [4.69, 9.17) is 4.74 Å². The fraction of sp³-hybridized carbons (Fsp3) is 0.867. The van der Waals surface area contributed by atoms with Gasteiger partial charge < -0.3 is 15.0 Å². The molecule has 0 aromatic heterocycles. The molecule has 1 rings (SSSR count). The third-order valence-corrected chi connectivity index (χ3v) is 3.35. The zero-order chi connectivity index (χ0) is 15.2. The minimum absolute atomic E-state index is 0.0329. The van der Waals surface area contributed by atoms with Gasteiger partial charge in [-0.1, -0.05) is 13.3 Å². The summed E-state index contributed by atoms with van der Waals surface area (Å²) < 4.78 is 5.34. The molecule has 1 N–H and O–H groups in total. The molecule has 2 amide bonds. The Bertz CT molecular complexity index is 329. The Hall–Kier alpha value is -1.26. The minimum Gasteiger partial charge on any atom is -0.444 e. The molecule has 0 spiro atoms. The second-order valence-corrected chi connectivity index (χ2v) is 6.39. The molecule has 20 heavy (non-hydrogen) atoms. The highest BCUT2D eigenvalue weighted by molar-refractivity contribution is 5.79. The maximum atomic E-state index is 11.9. The SMILES string of the molecule is CCCCNC(=O)C1CCN(C(=O)OC(C)(C)C)CC1. The maximum absolute atomic E-state index is 11.9. The van der Waals surface area contributed by atoms with Gasteiger partial charge in [-0.3, -0.25) is 4.79 Å². The lowest BCUT2D eigenvalue weighted by atomic mass is 9.96. The first-order chi connectivity index (χ1) is 9.33. The van der Waals surface area contributed by atoms with Gasteiger partial charge in [0.05, 0.1) is 0 Å². The van der Waals surface area contributed by atoms with Crippen molar-refractivity contribution in [1.29, 1.82) is 0 Å². The number of rotatable bonds is 4. The number of unbranched alkanes of at least 4 members (excludes halogenated alkanes) is 1. The molecule has 0 radical (unpaired) electrons. The van der Waals surface area contributed by atoms with Gasteiger partial charge in [0.1, 0.15) is 5.60 Å². The molecule has 0 atom stereocenters. The second-order valence-electron chi connectivity index (χ2n) is 6.39. The summed E-state index contributed by atoms with van der Waals surface area (Å²) >= 11 is 0. The molecular weight excluding hydrogens is 256 g/mol. The number of hydrogen-bond donors (Lipinski definition) is 1. The molecule has 1 aliphatic rings. The molecule has 5 heteroatoms. The van der Waals surface area contributed by atoms with Gasteiger partial charge in [0, 0.05) is 25.6 Å². The van der Waals surface area contributed by atoms with E-state index in [0.29, 0.717) is 13.1 Å². The van der Waals surface area contributed by atoms with Crippen LogP contribution in [0.25, 0.3) is 0 Å². The van der Waals surface area contributed by atoms with Crippen LogP contribution in [0.1, 0.15) is 53.4 Å². The van der Waals surface area contributed by atoms with Crippen LogP contribution in [-0.4, -0.2) is 42.1 Å². The first-order valence-corrected chi connectivity index (χ1v) is 7.59. The number of nitrogens with zero attached hydrogens (tertiary/aromatic N) is 1. The molecule has 0 bridgehead atoms. The zero-order valence-electron chi connectivity index (χ0n) is 13.2. The fourth-order valence-corrected chi connectivity index (χ4v) is 2.18. The first-order valence-electron chi connectivity index (χ1n) is 7.59. The molecule has 0 saturated carbocycles. The predicted octanol–water partition coefficient (Wildman–Crippen LogP) is 2.55. The molecular formula is C15H28N2O3. The summed E-state index contributed by atoms with van der Waals surface area (Å²) in [4.78, 5) is 25.5. The number of likely N-dealkylation sites (tertiary alicyclic amines) is 1. The first kappa shape index (κ1) is 16.8. The van der Waals surface area contributed by atoms with Gasteiger partial charge in [0.25, 0.3) is 0 Å². The molecule has 1 fully saturated rings. The van der Waals surface area contributed by atoms with Crippen molar-refractivity contribution in [3.63, 3.8) is 0 Å². The highest BCUT2D eigenvalue weighted by atomic mass is 16.6. The quantitative estimate of drug-likeness (QED) is 0.807. The van der Waals surface area contributed by atoms with E-state index in [1.165, 1.54) is 0 Å². The highest BCUT2D eigenvalue weighted by Gasteiger charge is 2.29. The van der Waals surface area contributed by atoms with Crippen molar-refractivity contribution < 1.29 is 14.3 Å². The Kier molecular flexibility index (Phi) is 6.30. The van der Waals surface area contributed by atoms with Crippen LogP contribution in [0.4, 0.5) is 4.79 Å². The smallest absolute Gasteiger partial charge is 0.410 e. The monoisotopic (exact) mass is 284 g/mol. The Labute approximate surface area is 122 Å². The van der Waals surface area contributed by atoms with E-state index in [1.807, 2.05) is 20.8 Å². The Morgan fingerprint density at radius 1 is 1.25 bits per heavy atom. The van der Waals surface area contributed by atoms with Gasteiger partial charge in [-0.05, 0) is 40.0 Å². The van der Waals surface area contributed by atoms with Gasteiger partial charge in [-0.15, -0.1) is 0 Å². The maximum Gasteiger partial charge on any atom is 0.410 e. The van der Waals surface area contributed by atoms with Gasteiger partial charge >= 0.3 is 6.09 Å². The van der Waals surface area contributed by atoms with E-state index >= 15 is 0 Å². The van der Waals surface area contributed by atoms with Crippen LogP contribution in [-0.2, 0) is 9.53 Å². The van der Waals surface area contributed by atoms with Crippen LogP contribution < -0.4 is 5.32 Å². The second kappa shape index (κ2) is 7.50. The molecule has 1 heterocycles. The molecule has 116 valence electrons. The van der Waals surface area contributed by atoms with Gasteiger partial charge in [-0.25, -0.2) is 4.79 Å². The standard InChI is InChI=1S/C15H28N2O3/c1-5-6-9-16-13(18)12-7-10-17(11-8-12)14(19)20-15(2,3)4/h12H,5-11H2,1-4H3,(H,16,18). The number of ether oxygens (including phenoxy) is 1. The van der Waals surface area contributed by atoms with E-state index in [1.54, 1.807) is 4.90 Å². The van der Waals surface area contributed by atoms with Crippen molar-refractivity contribution in [1.82, 2.24) is 10.2 Å². The minimum atomic E-state index is -0.467. The molecule has 0 unspecified atom stereocenters. The molecule has 0 aromatic rings. The van der Waals surface area contributed by atoms with Crippen molar-refractivity contribution in [2.24, 2.45) is 5.92 Å². The molecule has 0 aromatic carbocycles. The average Bonchev–Trinajstić information content (AvgIpc) is 2.37. The third kappa shape index (κ3) is 5.80. The van der Waals surface area contributed by atoms with Gasteiger partial charge in [-0.2, -0.15) is 0 Å². The van der Waals surface area contributed by atoms with E-state index < -0.39 is 5.60 Å². The highest BCUT2D eigenvalue weighted by Crippen LogP contribution is 2.19. The van der Waals surface area contributed by atoms with E-state index in [0.717, 1.165) is 32.2 Å². The van der Waals surface area contributed by atoms with Gasteiger partial charge in [0.2, 0.25) is 5.91 Å². The number of carbonyl (C=O) groups excluding carboxylic acids is 2. The summed E-state index contributed by atoms with van der Waals surface area (Å²) in [5, 5.41) is 2.96. The molecule has 5 nitrogen and oxygen atoms in total. The summed E-state index contributed by atoms with van der Waals surface area (Å²) in [7, 11) is 0. The van der Waals surface area contributed by atoms with Crippen molar-refractivity contribution in [2.45, 2.75) is 59.0 Å². The van der Waals surface area contributed by atoms with Crippen LogP contribution in [0.2, 0.25) is 0 Å². The van der Waals surface area contributed by atoms with E-state index in [2.05, 4.69) is 12.2 Å². The van der Waals surface area contributed by atoms with E-state index in [9.17, 15) is 9.59 Å². The lowest BCUT2D eigenvalue weighted by molar-refractivity contribution is -0.126. The van der Waals surface area contributed by atoms with Crippen molar-refractivity contribution in [3.05, 3.63) is 0 Å². The molecule has 1 saturated heterocycles. The average molecular weight is 284 g/mol. The topological polar surface area (TPSA) is 58.6 Å². The summed E-state index contributed by atoms with van der Waals surface area (Å²) in [6, 6.07) is 0. The summed E-state index contributed by atoms with van der Waals surface area (Å²) in [5.41, 5.74) is -0.467. The van der Waals surface area contributed by atoms with Crippen LogP contribution in [0, 0.1) is 5.92 Å². The lowest BCUT2D eigenvalue weighted by Gasteiger charge is -2.32. The van der Waals surface area contributed by atoms with Crippen molar-refractivity contribution >= 4 is 12.0 Å². The lowest BCUT2D eigenvalue weighted by Crippen LogP contribution is -2.44.